The molecular formula is C16H16FNO2. The number of rotatable bonds is 5. The normalized spacial score (nSPS) is 10.8. The summed E-state index contributed by atoms with van der Waals surface area (Å²) in [7, 11) is 1.77. The second kappa shape index (κ2) is 6.30. The van der Waals surface area contributed by atoms with Crippen LogP contribution in [0.2, 0.25) is 0 Å². The Labute approximate surface area is 117 Å². The minimum atomic E-state index is -0.838. The average molecular weight is 273 g/mol. The van der Waals surface area contributed by atoms with Crippen molar-refractivity contribution >= 4 is 5.97 Å². The first-order valence-electron chi connectivity index (χ1n) is 6.30. The SMILES string of the molecule is CN(CC(=O)O)Cc1ccc(-c2ccc(F)cc2)cc1. The number of nitrogens with zero attached hydrogens (tertiary/aromatic N) is 1. The lowest BCUT2D eigenvalue weighted by atomic mass is 10.0. The quantitative estimate of drug-likeness (QED) is 0.910. The largest absolute Gasteiger partial charge is 0.480 e. The zero-order valence-electron chi connectivity index (χ0n) is 11.2. The van der Waals surface area contributed by atoms with Crippen LogP contribution in [0.4, 0.5) is 4.39 Å². The molecule has 0 unspecified atom stereocenters. The van der Waals surface area contributed by atoms with E-state index in [1.807, 2.05) is 24.3 Å². The molecule has 2 aromatic carbocycles. The molecule has 2 rings (SSSR count). The Bertz CT molecular complexity index is 578. The molecule has 0 spiro atoms. The number of likely N-dealkylation sites (N-methyl/N-ethyl adjacent to an activating group) is 1. The van der Waals surface area contributed by atoms with Gasteiger partial charge in [0.1, 0.15) is 5.82 Å². The van der Waals surface area contributed by atoms with E-state index in [1.165, 1.54) is 12.1 Å². The van der Waals surface area contributed by atoms with Crippen molar-refractivity contribution in [3.63, 3.8) is 0 Å². The number of carboxylic acid groups (broad SMARTS) is 1. The highest BCUT2D eigenvalue weighted by Gasteiger charge is 2.05. The fourth-order valence-electron chi connectivity index (χ4n) is 2.04. The molecular weight excluding hydrogens is 257 g/mol. The van der Waals surface area contributed by atoms with Gasteiger partial charge < -0.3 is 5.11 Å². The van der Waals surface area contributed by atoms with Gasteiger partial charge in [0.25, 0.3) is 0 Å². The molecule has 0 radical (unpaired) electrons. The van der Waals surface area contributed by atoms with Crippen molar-refractivity contribution < 1.29 is 14.3 Å². The molecule has 0 atom stereocenters. The van der Waals surface area contributed by atoms with Gasteiger partial charge >= 0.3 is 5.97 Å². The first kappa shape index (κ1) is 14.2. The Morgan fingerprint density at radius 3 is 2.05 bits per heavy atom. The third-order valence-electron chi connectivity index (χ3n) is 2.99. The number of benzene rings is 2. The van der Waals surface area contributed by atoms with Crippen molar-refractivity contribution in [3.05, 3.63) is 59.9 Å². The van der Waals surface area contributed by atoms with Gasteiger partial charge in [-0.2, -0.15) is 0 Å². The van der Waals surface area contributed by atoms with Crippen LogP contribution in [0.3, 0.4) is 0 Å². The summed E-state index contributed by atoms with van der Waals surface area (Å²) in [6, 6.07) is 14.2. The Balaban J connectivity index is 2.06. The van der Waals surface area contributed by atoms with Crippen molar-refractivity contribution in [2.24, 2.45) is 0 Å². The van der Waals surface area contributed by atoms with Crippen molar-refractivity contribution in [2.75, 3.05) is 13.6 Å². The van der Waals surface area contributed by atoms with Crippen LogP contribution in [0.25, 0.3) is 11.1 Å². The highest BCUT2D eigenvalue weighted by Crippen LogP contribution is 2.20. The molecule has 2 aromatic rings. The lowest BCUT2D eigenvalue weighted by Gasteiger charge is -2.14. The molecule has 0 aromatic heterocycles. The van der Waals surface area contributed by atoms with E-state index >= 15 is 0 Å². The second-order valence-corrected chi connectivity index (χ2v) is 4.77. The minimum Gasteiger partial charge on any atom is -0.480 e. The number of hydrogen-bond donors (Lipinski definition) is 1. The van der Waals surface area contributed by atoms with E-state index in [2.05, 4.69) is 0 Å². The Kier molecular flexibility index (Phi) is 4.48. The van der Waals surface area contributed by atoms with E-state index < -0.39 is 5.97 Å². The van der Waals surface area contributed by atoms with Crippen LogP contribution in [0.15, 0.2) is 48.5 Å². The van der Waals surface area contributed by atoms with Gasteiger partial charge in [0.2, 0.25) is 0 Å². The zero-order valence-corrected chi connectivity index (χ0v) is 11.2. The smallest absolute Gasteiger partial charge is 0.317 e. The maximum Gasteiger partial charge on any atom is 0.317 e. The number of aliphatic carboxylic acids is 1. The molecule has 0 aliphatic heterocycles. The van der Waals surface area contributed by atoms with Gasteiger partial charge in [-0.05, 0) is 35.9 Å². The topological polar surface area (TPSA) is 40.5 Å². The molecule has 0 fully saturated rings. The molecule has 4 heteroatoms. The first-order valence-corrected chi connectivity index (χ1v) is 6.30. The lowest BCUT2D eigenvalue weighted by Crippen LogP contribution is -2.25. The minimum absolute atomic E-state index is 0.0136. The zero-order chi connectivity index (χ0) is 14.5. The lowest BCUT2D eigenvalue weighted by molar-refractivity contribution is -0.138. The van der Waals surface area contributed by atoms with Gasteiger partial charge in [0.05, 0.1) is 6.54 Å². The van der Waals surface area contributed by atoms with Gasteiger partial charge in [0, 0.05) is 6.54 Å². The van der Waals surface area contributed by atoms with Gasteiger partial charge in [-0.3, -0.25) is 9.69 Å². The average Bonchev–Trinajstić information content (AvgIpc) is 2.39. The number of halogens is 1. The van der Waals surface area contributed by atoms with Crippen molar-refractivity contribution in [1.82, 2.24) is 4.90 Å². The Hall–Kier alpha value is -2.20. The predicted octanol–water partition coefficient (Wildman–Crippen LogP) is 3.01. The third kappa shape index (κ3) is 3.90. The van der Waals surface area contributed by atoms with Gasteiger partial charge in [0.15, 0.2) is 0 Å². The fraction of sp³-hybridized carbons (Fsp3) is 0.188. The molecule has 1 N–H and O–H groups in total. The molecule has 0 bridgehead atoms. The number of hydrogen-bond acceptors (Lipinski definition) is 2. The summed E-state index contributed by atoms with van der Waals surface area (Å²) in [4.78, 5) is 12.3. The van der Waals surface area contributed by atoms with E-state index in [1.54, 1.807) is 24.1 Å². The van der Waals surface area contributed by atoms with Crippen LogP contribution < -0.4 is 0 Å². The summed E-state index contributed by atoms with van der Waals surface area (Å²) in [5.41, 5.74) is 3.01. The summed E-state index contributed by atoms with van der Waals surface area (Å²) in [6.07, 6.45) is 0. The molecule has 0 aliphatic carbocycles. The molecule has 3 nitrogen and oxygen atoms in total. The summed E-state index contributed by atoms with van der Waals surface area (Å²) >= 11 is 0. The van der Waals surface area contributed by atoms with Gasteiger partial charge in [-0.1, -0.05) is 36.4 Å². The second-order valence-electron chi connectivity index (χ2n) is 4.77. The van der Waals surface area contributed by atoms with E-state index in [0.29, 0.717) is 6.54 Å². The Morgan fingerprint density at radius 1 is 1.05 bits per heavy atom. The standard InChI is InChI=1S/C16H16FNO2/c1-18(11-16(19)20)10-12-2-4-13(5-3-12)14-6-8-15(17)9-7-14/h2-9H,10-11H2,1H3,(H,19,20). The van der Waals surface area contributed by atoms with Crippen LogP contribution in [-0.2, 0) is 11.3 Å². The molecule has 0 amide bonds. The fourth-order valence-corrected chi connectivity index (χ4v) is 2.04. The van der Waals surface area contributed by atoms with Crippen molar-refractivity contribution in [3.8, 4) is 11.1 Å². The van der Waals surface area contributed by atoms with E-state index in [-0.39, 0.29) is 12.4 Å². The van der Waals surface area contributed by atoms with Gasteiger partial charge in [-0.25, -0.2) is 4.39 Å². The van der Waals surface area contributed by atoms with Crippen LogP contribution in [-0.4, -0.2) is 29.6 Å². The van der Waals surface area contributed by atoms with Crippen molar-refractivity contribution in [2.45, 2.75) is 6.54 Å². The van der Waals surface area contributed by atoms with Crippen LogP contribution in [0.1, 0.15) is 5.56 Å². The van der Waals surface area contributed by atoms with Crippen LogP contribution >= 0.6 is 0 Å². The molecule has 104 valence electrons. The van der Waals surface area contributed by atoms with E-state index in [9.17, 15) is 9.18 Å². The van der Waals surface area contributed by atoms with Crippen molar-refractivity contribution in [1.29, 1.82) is 0 Å². The maximum atomic E-state index is 12.9. The van der Waals surface area contributed by atoms with E-state index in [4.69, 9.17) is 5.11 Å². The third-order valence-corrected chi connectivity index (χ3v) is 2.99. The molecule has 0 aliphatic rings. The molecule has 0 saturated heterocycles. The number of carboxylic acids is 1. The monoisotopic (exact) mass is 273 g/mol. The maximum absolute atomic E-state index is 12.9. The highest BCUT2D eigenvalue weighted by atomic mass is 19.1. The molecule has 0 heterocycles. The summed E-state index contributed by atoms with van der Waals surface area (Å²) in [5.74, 6) is -1.09. The molecule has 20 heavy (non-hydrogen) atoms. The Morgan fingerprint density at radius 2 is 1.55 bits per heavy atom. The number of carbonyl (C=O) groups is 1. The van der Waals surface area contributed by atoms with Crippen LogP contribution in [0.5, 0.6) is 0 Å². The summed E-state index contributed by atoms with van der Waals surface area (Å²) in [6.45, 7) is 0.593. The summed E-state index contributed by atoms with van der Waals surface area (Å²) < 4.78 is 12.9. The van der Waals surface area contributed by atoms with E-state index in [0.717, 1.165) is 16.7 Å². The summed E-state index contributed by atoms with van der Waals surface area (Å²) in [5, 5.41) is 8.70. The predicted molar refractivity (Wildman–Crippen MR) is 75.8 cm³/mol. The van der Waals surface area contributed by atoms with Gasteiger partial charge in [-0.15, -0.1) is 0 Å². The first-order chi connectivity index (χ1) is 9.54. The molecule has 0 saturated carbocycles. The van der Waals surface area contributed by atoms with Crippen LogP contribution in [0, 0.1) is 5.82 Å². The highest BCUT2D eigenvalue weighted by molar-refractivity contribution is 5.69.